The quantitative estimate of drug-likeness (QED) is 0.385. The molecule has 1 aliphatic rings. The molecule has 0 spiro atoms. The first-order chi connectivity index (χ1) is 17.9. The molecule has 0 saturated heterocycles. The molecule has 37 heavy (non-hydrogen) atoms. The Labute approximate surface area is 213 Å². The van der Waals surface area contributed by atoms with E-state index in [1.807, 2.05) is 38.1 Å². The fraction of sp³-hybridized carbons (Fsp3) is 0.250. The van der Waals surface area contributed by atoms with E-state index in [0.717, 1.165) is 27.6 Å². The molecule has 9 nitrogen and oxygen atoms in total. The molecule has 2 aromatic heterocycles. The Morgan fingerprint density at radius 3 is 2.76 bits per heavy atom. The van der Waals surface area contributed by atoms with Crippen molar-refractivity contribution < 1.29 is 19.1 Å². The summed E-state index contributed by atoms with van der Waals surface area (Å²) in [4.78, 5) is 42.8. The molecule has 0 radical (unpaired) electrons. The first-order valence-electron chi connectivity index (χ1n) is 12.2. The fourth-order valence-corrected chi connectivity index (χ4v) is 4.55. The van der Waals surface area contributed by atoms with Crippen LogP contribution in [0.3, 0.4) is 0 Å². The van der Waals surface area contributed by atoms with Gasteiger partial charge in [-0.25, -0.2) is 9.78 Å². The first-order valence-corrected chi connectivity index (χ1v) is 12.2. The molecule has 0 unspecified atom stereocenters. The number of para-hydroxylation sites is 1. The highest BCUT2D eigenvalue weighted by molar-refractivity contribution is 6.08. The number of nitrogens with zero attached hydrogens (tertiary/aromatic N) is 3. The second-order valence-electron chi connectivity index (χ2n) is 9.04. The Hall–Kier alpha value is -4.53. The molecule has 0 bridgehead atoms. The summed E-state index contributed by atoms with van der Waals surface area (Å²) in [5.74, 6) is -0.407. The molecule has 3 heterocycles. The lowest BCUT2D eigenvalue weighted by atomic mass is 10.0. The van der Waals surface area contributed by atoms with Crippen LogP contribution in [0.2, 0.25) is 0 Å². The third kappa shape index (κ3) is 4.67. The Balaban J connectivity index is 1.56. The van der Waals surface area contributed by atoms with Crippen molar-refractivity contribution >= 4 is 40.2 Å². The molecule has 0 atom stereocenters. The van der Waals surface area contributed by atoms with Crippen LogP contribution in [0.5, 0.6) is 0 Å². The number of rotatable bonds is 5. The third-order valence-corrected chi connectivity index (χ3v) is 6.44. The van der Waals surface area contributed by atoms with Gasteiger partial charge in [0, 0.05) is 23.1 Å². The summed E-state index contributed by atoms with van der Waals surface area (Å²) < 4.78 is 6.66. The molecule has 188 valence electrons. The molecular weight excluding hydrogens is 470 g/mol. The maximum atomic E-state index is 13.4. The molecule has 0 fully saturated rings. The number of carbonyl (C=O) groups excluding carboxylic acids is 3. The fourth-order valence-electron chi connectivity index (χ4n) is 4.55. The first kappa shape index (κ1) is 24.2. The summed E-state index contributed by atoms with van der Waals surface area (Å²) in [6.45, 7) is 5.86. The lowest BCUT2D eigenvalue weighted by molar-refractivity contribution is -0.116. The lowest BCUT2D eigenvalue weighted by Gasteiger charge is -2.14. The van der Waals surface area contributed by atoms with Crippen LogP contribution < -0.4 is 10.6 Å². The average molecular weight is 498 g/mol. The normalized spacial score (nSPS) is 13.0. The average Bonchev–Trinajstić information content (AvgIpc) is 3.19. The second-order valence-corrected chi connectivity index (χ2v) is 9.04. The van der Waals surface area contributed by atoms with Crippen LogP contribution in [-0.4, -0.2) is 39.2 Å². The lowest BCUT2D eigenvalue weighted by Crippen LogP contribution is -2.19. The van der Waals surface area contributed by atoms with Gasteiger partial charge in [-0.1, -0.05) is 18.2 Å². The minimum absolute atomic E-state index is 0.0349. The summed E-state index contributed by atoms with van der Waals surface area (Å²) in [6.07, 6.45) is 3.20. The van der Waals surface area contributed by atoms with Crippen molar-refractivity contribution in [3.63, 3.8) is 0 Å². The number of ether oxygens (including phenoxy) is 1. The number of fused-ring (bicyclic) bond motifs is 2. The summed E-state index contributed by atoms with van der Waals surface area (Å²) >= 11 is 0. The molecule has 2 aromatic carbocycles. The molecular formula is C28H27N5O4. The zero-order valence-electron chi connectivity index (χ0n) is 20.9. The molecule has 1 aliphatic heterocycles. The smallest absolute Gasteiger partial charge is 0.343 e. The number of aromatic nitrogens is 3. The molecule has 9 heteroatoms. The molecule has 2 N–H and O–H groups in total. The van der Waals surface area contributed by atoms with Gasteiger partial charge < -0.3 is 15.4 Å². The highest BCUT2D eigenvalue weighted by atomic mass is 16.5. The minimum Gasteiger partial charge on any atom is -0.462 e. The van der Waals surface area contributed by atoms with Gasteiger partial charge in [0.1, 0.15) is 5.56 Å². The maximum Gasteiger partial charge on any atom is 0.343 e. The molecule has 2 amide bonds. The van der Waals surface area contributed by atoms with Crippen LogP contribution >= 0.6 is 0 Å². The Bertz CT molecular complexity index is 1560. The molecule has 0 aliphatic carbocycles. The number of nitrogens with one attached hydrogen (secondary N) is 2. The predicted octanol–water partition coefficient (Wildman–Crippen LogP) is 4.74. The van der Waals surface area contributed by atoms with Crippen LogP contribution in [0.1, 0.15) is 57.2 Å². The Morgan fingerprint density at radius 1 is 1.11 bits per heavy atom. The number of pyridine rings is 1. The number of benzene rings is 2. The summed E-state index contributed by atoms with van der Waals surface area (Å²) in [6, 6.07) is 13.0. The van der Waals surface area contributed by atoms with Gasteiger partial charge in [-0.15, -0.1) is 0 Å². The zero-order valence-corrected chi connectivity index (χ0v) is 20.9. The number of amides is 2. The number of hydrogen-bond donors (Lipinski definition) is 2. The van der Waals surface area contributed by atoms with Gasteiger partial charge in [-0.3, -0.25) is 9.59 Å². The molecule has 4 aromatic rings. The summed E-state index contributed by atoms with van der Waals surface area (Å²) in [5.41, 5.74) is 4.93. The van der Waals surface area contributed by atoms with Crippen molar-refractivity contribution in [2.24, 2.45) is 0 Å². The van der Waals surface area contributed by atoms with Crippen LogP contribution in [0.25, 0.3) is 16.7 Å². The van der Waals surface area contributed by atoms with Gasteiger partial charge in [0.05, 0.1) is 18.3 Å². The van der Waals surface area contributed by atoms with Gasteiger partial charge in [0.15, 0.2) is 11.6 Å². The topological polar surface area (TPSA) is 115 Å². The van der Waals surface area contributed by atoms with E-state index in [0.29, 0.717) is 36.3 Å². The monoisotopic (exact) mass is 497 g/mol. The van der Waals surface area contributed by atoms with E-state index in [1.54, 1.807) is 25.1 Å². The molecule has 0 saturated carbocycles. The van der Waals surface area contributed by atoms with E-state index < -0.39 is 11.9 Å². The van der Waals surface area contributed by atoms with Crippen molar-refractivity contribution in [1.82, 2.24) is 14.8 Å². The van der Waals surface area contributed by atoms with E-state index >= 15 is 0 Å². The predicted molar refractivity (Wildman–Crippen MR) is 140 cm³/mol. The van der Waals surface area contributed by atoms with E-state index in [9.17, 15) is 14.4 Å². The number of anilines is 2. The van der Waals surface area contributed by atoms with Gasteiger partial charge in [0.2, 0.25) is 5.91 Å². The van der Waals surface area contributed by atoms with E-state index in [2.05, 4.69) is 15.7 Å². The van der Waals surface area contributed by atoms with Gasteiger partial charge in [-0.05, 0) is 74.6 Å². The van der Waals surface area contributed by atoms with E-state index in [-0.39, 0.29) is 23.9 Å². The van der Waals surface area contributed by atoms with Crippen molar-refractivity contribution in [2.45, 2.75) is 40.0 Å². The standard InChI is InChI=1S/C28H27N5O4/c1-4-37-28(36)21-15-29-33(23-13-17(3)20-9-5-7-16(2)25(20)31-23)26(21)32-27(35)19-11-12-22-18(14-19)8-6-10-24(34)30-22/h5,7,9,11-15H,4,6,8,10H2,1-3H3,(H,30,34)(H,32,35). The zero-order chi connectivity index (χ0) is 26.1. The van der Waals surface area contributed by atoms with Gasteiger partial charge >= 0.3 is 5.97 Å². The number of esters is 1. The maximum absolute atomic E-state index is 13.4. The van der Waals surface area contributed by atoms with Crippen LogP contribution in [0, 0.1) is 13.8 Å². The van der Waals surface area contributed by atoms with Crippen LogP contribution in [-0.2, 0) is 16.0 Å². The molecule has 5 rings (SSSR count). The largest absolute Gasteiger partial charge is 0.462 e. The van der Waals surface area contributed by atoms with Gasteiger partial charge in [-0.2, -0.15) is 9.78 Å². The summed E-state index contributed by atoms with van der Waals surface area (Å²) in [7, 11) is 0. The highest BCUT2D eigenvalue weighted by Gasteiger charge is 2.24. The van der Waals surface area contributed by atoms with Crippen molar-refractivity contribution in [2.75, 3.05) is 17.2 Å². The minimum atomic E-state index is -0.595. The van der Waals surface area contributed by atoms with Crippen LogP contribution in [0.15, 0.2) is 48.7 Å². The van der Waals surface area contributed by atoms with Crippen molar-refractivity contribution in [3.05, 3.63) is 76.5 Å². The van der Waals surface area contributed by atoms with Crippen molar-refractivity contribution in [1.29, 1.82) is 0 Å². The number of carbonyl (C=O) groups is 3. The number of hydrogen-bond acceptors (Lipinski definition) is 6. The SMILES string of the molecule is CCOC(=O)c1cnn(-c2cc(C)c3cccc(C)c3n2)c1NC(=O)c1ccc2c(c1)CCCC(=O)N2. The number of aryl methyl sites for hydroxylation is 3. The third-order valence-electron chi connectivity index (χ3n) is 6.44. The van der Waals surface area contributed by atoms with E-state index in [4.69, 9.17) is 9.72 Å². The Morgan fingerprint density at radius 2 is 1.95 bits per heavy atom. The Kier molecular flexibility index (Phi) is 6.43. The van der Waals surface area contributed by atoms with Crippen molar-refractivity contribution in [3.8, 4) is 5.82 Å². The van der Waals surface area contributed by atoms with Crippen LogP contribution in [0.4, 0.5) is 11.5 Å². The van der Waals surface area contributed by atoms with E-state index in [1.165, 1.54) is 10.9 Å². The summed E-state index contributed by atoms with van der Waals surface area (Å²) in [5, 5.41) is 11.1. The van der Waals surface area contributed by atoms with Gasteiger partial charge in [0.25, 0.3) is 5.91 Å². The highest BCUT2D eigenvalue weighted by Crippen LogP contribution is 2.28. The second kappa shape index (κ2) is 9.85.